The molecule has 0 bridgehead atoms. The number of hydrogen-bond donors (Lipinski definition) is 1. The van der Waals surface area contributed by atoms with Crippen LogP contribution in [0, 0.1) is 12.3 Å². The van der Waals surface area contributed by atoms with Gasteiger partial charge in [-0.15, -0.1) is 18.2 Å². The lowest BCUT2D eigenvalue weighted by Gasteiger charge is -2.17. The van der Waals surface area contributed by atoms with E-state index in [1.807, 2.05) is 19.1 Å². The molecule has 0 heterocycles. The van der Waals surface area contributed by atoms with E-state index < -0.39 is 6.09 Å². The zero-order valence-corrected chi connectivity index (χ0v) is 9.99. The fourth-order valence-corrected chi connectivity index (χ4v) is 2.09. The summed E-state index contributed by atoms with van der Waals surface area (Å²) in [6, 6.07) is 7.30. The number of rotatable bonds is 3. The maximum Gasteiger partial charge on any atom is 0.411 e. The highest BCUT2D eigenvalue weighted by atomic mass is 32.2. The highest BCUT2D eigenvalue weighted by Crippen LogP contribution is 2.32. The van der Waals surface area contributed by atoms with Crippen molar-refractivity contribution in [3.63, 3.8) is 0 Å². The van der Waals surface area contributed by atoms with Crippen molar-refractivity contribution < 1.29 is 9.90 Å². The van der Waals surface area contributed by atoms with Crippen molar-refractivity contribution in [1.29, 1.82) is 0 Å². The van der Waals surface area contributed by atoms with Crippen LogP contribution in [0.15, 0.2) is 29.2 Å². The van der Waals surface area contributed by atoms with E-state index in [9.17, 15) is 4.79 Å². The van der Waals surface area contributed by atoms with Crippen molar-refractivity contribution in [2.45, 2.75) is 17.1 Å². The molecule has 1 aromatic rings. The van der Waals surface area contributed by atoms with Gasteiger partial charge in [-0.05, 0) is 19.1 Å². The van der Waals surface area contributed by atoms with E-state index in [4.69, 9.17) is 11.5 Å². The average molecular weight is 235 g/mol. The molecule has 0 spiro atoms. The first-order valence-corrected chi connectivity index (χ1v) is 5.62. The molecular formula is C12H13NO2S. The van der Waals surface area contributed by atoms with E-state index in [2.05, 4.69) is 5.92 Å². The van der Waals surface area contributed by atoms with Crippen LogP contribution in [0.5, 0.6) is 0 Å². The summed E-state index contributed by atoms with van der Waals surface area (Å²) in [6.45, 7) is 1.90. The zero-order valence-electron chi connectivity index (χ0n) is 9.18. The normalized spacial score (nSPS) is 11.6. The van der Waals surface area contributed by atoms with Crippen LogP contribution >= 0.6 is 11.8 Å². The fourth-order valence-electron chi connectivity index (χ4n) is 1.16. The van der Waals surface area contributed by atoms with Crippen molar-refractivity contribution >= 4 is 23.5 Å². The second kappa shape index (κ2) is 5.47. The van der Waals surface area contributed by atoms with Gasteiger partial charge in [-0.3, -0.25) is 4.90 Å². The number of terminal acetylenes is 1. The van der Waals surface area contributed by atoms with Crippen LogP contribution in [0.4, 0.5) is 10.5 Å². The molecule has 1 atom stereocenters. The number of thioether (sulfide) groups is 1. The van der Waals surface area contributed by atoms with Gasteiger partial charge in [0.1, 0.15) is 0 Å². The Kier molecular flexibility index (Phi) is 4.27. The van der Waals surface area contributed by atoms with Gasteiger partial charge in [-0.2, -0.15) is 0 Å². The summed E-state index contributed by atoms with van der Waals surface area (Å²) in [5, 5.41) is 8.94. The van der Waals surface area contributed by atoms with E-state index >= 15 is 0 Å². The summed E-state index contributed by atoms with van der Waals surface area (Å²) < 4.78 is 0. The van der Waals surface area contributed by atoms with E-state index in [1.165, 1.54) is 23.7 Å². The zero-order chi connectivity index (χ0) is 12.1. The van der Waals surface area contributed by atoms with Gasteiger partial charge >= 0.3 is 6.09 Å². The first-order chi connectivity index (χ1) is 7.56. The predicted octanol–water partition coefficient (Wildman–Crippen LogP) is 2.91. The number of benzene rings is 1. The van der Waals surface area contributed by atoms with E-state index in [0.29, 0.717) is 5.69 Å². The quantitative estimate of drug-likeness (QED) is 0.647. The number of carbonyl (C=O) groups is 1. The van der Waals surface area contributed by atoms with Gasteiger partial charge in [0.05, 0.1) is 10.9 Å². The third-order valence-electron chi connectivity index (χ3n) is 2.05. The van der Waals surface area contributed by atoms with Gasteiger partial charge in [-0.25, -0.2) is 4.79 Å². The van der Waals surface area contributed by atoms with E-state index in [1.54, 1.807) is 12.1 Å². The monoisotopic (exact) mass is 235 g/mol. The predicted molar refractivity (Wildman–Crippen MR) is 67.0 cm³/mol. The first kappa shape index (κ1) is 12.5. The molecule has 0 aliphatic rings. The van der Waals surface area contributed by atoms with Crippen molar-refractivity contribution in [2.24, 2.45) is 0 Å². The Hall–Kier alpha value is -1.60. The lowest BCUT2D eigenvalue weighted by molar-refractivity contribution is 0.203. The summed E-state index contributed by atoms with van der Waals surface area (Å²) in [5.74, 6) is 2.61. The molecule has 1 rings (SSSR count). The molecule has 1 aromatic carbocycles. The molecule has 0 aliphatic carbocycles. The smallest absolute Gasteiger partial charge is 0.411 e. The Labute approximate surface area is 99.5 Å². The molecule has 1 N–H and O–H groups in total. The minimum Gasteiger partial charge on any atom is -0.465 e. The number of para-hydroxylation sites is 1. The molecule has 0 saturated carbocycles. The van der Waals surface area contributed by atoms with Gasteiger partial charge in [0, 0.05) is 11.9 Å². The van der Waals surface area contributed by atoms with Crippen molar-refractivity contribution in [2.75, 3.05) is 11.9 Å². The summed E-state index contributed by atoms with van der Waals surface area (Å²) in [5.41, 5.74) is 0.655. The van der Waals surface area contributed by atoms with Gasteiger partial charge in [-0.1, -0.05) is 18.1 Å². The molecule has 84 valence electrons. The molecular weight excluding hydrogens is 222 g/mol. The van der Waals surface area contributed by atoms with Crippen molar-refractivity contribution in [3.8, 4) is 12.3 Å². The largest absolute Gasteiger partial charge is 0.465 e. The second-order valence-electron chi connectivity index (χ2n) is 3.24. The van der Waals surface area contributed by atoms with Crippen LogP contribution in [0.25, 0.3) is 0 Å². The van der Waals surface area contributed by atoms with Crippen molar-refractivity contribution in [3.05, 3.63) is 24.3 Å². The third kappa shape index (κ3) is 2.94. The minimum absolute atomic E-state index is 0.0170. The Morgan fingerprint density at radius 1 is 1.56 bits per heavy atom. The number of nitrogens with zero attached hydrogens (tertiary/aromatic N) is 1. The van der Waals surface area contributed by atoms with Gasteiger partial charge in [0.25, 0.3) is 0 Å². The molecule has 0 saturated heterocycles. The third-order valence-corrected chi connectivity index (χ3v) is 3.14. The summed E-state index contributed by atoms with van der Waals surface area (Å²) in [7, 11) is 1.52. The topological polar surface area (TPSA) is 40.5 Å². The van der Waals surface area contributed by atoms with Crippen molar-refractivity contribution in [1.82, 2.24) is 0 Å². The van der Waals surface area contributed by atoms with Crippen LogP contribution < -0.4 is 4.90 Å². The lowest BCUT2D eigenvalue weighted by atomic mass is 10.3. The van der Waals surface area contributed by atoms with E-state index in [0.717, 1.165) is 4.90 Å². The Balaban J connectivity index is 3.01. The minimum atomic E-state index is -0.985. The second-order valence-corrected chi connectivity index (χ2v) is 4.62. The summed E-state index contributed by atoms with van der Waals surface area (Å²) in [4.78, 5) is 12.9. The number of carboxylic acid groups (broad SMARTS) is 1. The van der Waals surface area contributed by atoms with Crippen LogP contribution in [-0.2, 0) is 0 Å². The van der Waals surface area contributed by atoms with Crippen LogP contribution in [-0.4, -0.2) is 23.5 Å². The molecule has 0 fully saturated rings. The molecule has 0 aliphatic heterocycles. The van der Waals surface area contributed by atoms with Crippen LogP contribution in [0.1, 0.15) is 6.92 Å². The standard InChI is InChI=1S/C12H13NO2S/c1-4-9(2)16-11-8-6-5-7-10(11)13(3)12(14)15/h1,5-9H,2-3H3,(H,14,15). The SMILES string of the molecule is C#CC(C)Sc1ccccc1N(C)C(=O)O. The maximum atomic E-state index is 10.9. The first-order valence-electron chi connectivity index (χ1n) is 4.74. The molecule has 3 nitrogen and oxygen atoms in total. The Morgan fingerprint density at radius 2 is 2.19 bits per heavy atom. The fraction of sp³-hybridized carbons (Fsp3) is 0.250. The molecule has 0 aromatic heterocycles. The van der Waals surface area contributed by atoms with Gasteiger partial charge in [0.15, 0.2) is 0 Å². The molecule has 16 heavy (non-hydrogen) atoms. The number of hydrogen-bond acceptors (Lipinski definition) is 2. The Bertz CT molecular complexity index is 425. The number of anilines is 1. The van der Waals surface area contributed by atoms with Gasteiger partial charge in [0.2, 0.25) is 0 Å². The molecule has 1 unspecified atom stereocenters. The average Bonchev–Trinajstić information content (AvgIpc) is 2.28. The summed E-state index contributed by atoms with van der Waals surface area (Å²) >= 11 is 1.47. The Morgan fingerprint density at radius 3 is 2.75 bits per heavy atom. The molecule has 1 amide bonds. The molecule has 0 radical (unpaired) electrons. The summed E-state index contributed by atoms with van der Waals surface area (Å²) in [6.07, 6.45) is 4.32. The van der Waals surface area contributed by atoms with Crippen LogP contribution in [0.2, 0.25) is 0 Å². The maximum absolute atomic E-state index is 10.9. The molecule has 4 heteroatoms. The number of amides is 1. The lowest BCUT2D eigenvalue weighted by Crippen LogP contribution is -2.24. The van der Waals surface area contributed by atoms with Crippen LogP contribution in [0.3, 0.4) is 0 Å². The highest BCUT2D eigenvalue weighted by Gasteiger charge is 2.13. The highest BCUT2D eigenvalue weighted by molar-refractivity contribution is 8.00. The van der Waals surface area contributed by atoms with E-state index in [-0.39, 0.29) is 5.25 Å². The van der Waals surface area contributed by atoms with Gasteiger partial charge < -0.3 is 5.11 Å².